The van der Waals surface area contributed by atoms with Crippen LogP contribution >= 0.6 is 0 Å². The average molecular weight is 494 g/mol. The van der Waals surface area contributed by atoms with Gasteiger partial charge in [-0.25, -0.2) is 13.8 Å². The molecule has 36 heavy (non-hydrogen) atoms. The summed E-state index contributed by atoms with van der Waals surface area (Å²) in [4.78, 5) is 6.22. The zero-order valence-electron chi connectivity index (χ0n) is 20.7. The van der Waals surface area contributed by atoms with E-state index in [1.165, 1.54) is 25.3 Å². The van der Waals surface area contributed by atoms with Gasteiger partial charge in [-0.1, -0.05) is 54.6 Å². The van der Waals surface area contributed by atoms with Gasteiger partial charge in [0.25, 0.3) is 6.43 Å². The van der Waals surface area contributed by atoms with Crippen molar-refractivity contribution in [2.45, 2.75) is 36.4 Å². The molecule has 3 atom stereocenters. The first kappa shape index (κ1) is 25.5. The summed E-state index contributed by atoms with van der Waals surface area (Å²) in [7, 11) is 7.42. The Morgan fingerprint density at radius 1 is 1.14 bits per heavy atom. The van der Waals surface area contributed by atoms with Crippen LogP contribution in [0.2, 0.25) is 0 Å². The molecule has 8 heteroatoms. The first-order chi connectivity index (χ1) is 17.2. The largest absolute Gasteiger partial charge is 0.481 e. The van der Waals surface area contributed by atoms with E-state index in [0.29, 0.717) is 29.7 Å². The highest BCUT2D eigenvalue weighted by molar-refractivity contribution is 5.58. The van der Waals surface area contributed by atoms with E-state index >= 15 is 0 Å². The summed E-state index contributed by atoms with van der Waals surface area (Å²) in [6.07, 6.45) is -1.65. The number of nitrogens with zero attached hydrogens (tertiary/aromatic N) is 3. The molecule has 3 aromatic rings. The molecule has 0 amide bonds. The van der Waals surface area contributed by atoms with Gasteiger partial charge >= 0.3 is 0 Å². The lowest BCUT2D eigenvalue weighted by molar-refractivity contribution is -0.106. The predicted molar refractivity (Wildman–Crippen MR) is 131 cm³/mol. The minimum absolute atomic E-state index is 0.101. The summed E-state index contributed by atoms with van der Waals surface area (Å²) in [6.45, 7) is 0. The molecule has 3 unspecified atom stereocenters. The second-order valence-electron chi connectivity index (χ2n) is 9.47. The number of aliphatic hydroxyl groups is 1. The third-order valence-corrected chi connectivity index (χ3v) is 6.64. The molecule has 2 aliphatic rings. The molecule has 5 rings (SSSR count). The number of halogens is 2. The zero-order valence-corrected chi connectivity index (χ0v) is 20.7. The van der Waals surface area contributed by atoms with Crippen LogP contribution in [0.5, 0.6) is 11.6 Å². The lowest BCUT2D eigenvalue weighted by atomic mass is 9.71. The van der Waals surface area contributed by atoms with Crippen LogP contribution in [0.1, 0.15) is 53.1 Å². The van der Waals surface area contributed by atoms with Crippen molar-refractivity contribution in [3.05, 3.63) is 88.6 Å². The molecular formula is C28H29F2N3O3. The van der Waals surface area contributed by atoms with Crippen molar-refractivity contribution in [3.63, 3.8) is 0 Å². The van der Waals surface area contributed by atoms with Crippen molar-refractivity contribution in [2.75, 3.05) is 28.3 Å². The Kier molecular flexibility index (Phi) is 6.98. The maximum atomic E-state index is 13.2. The number of benzene rings is 2. The summed E-state index contributed by atoms with van der Waals surface area (Å²) in [5.74, 6) is 0.171. The number of fused-ring (bicyclic) bond motifs is 3. The first-order valence-electron chi connectivity index (χ1n) is 11.6. The van der Waals surface area contributed by atoms with Crippen LogP contribution in [0.25, 0.3) is 0 Å². The molecule has 2 heterocycles. The number of methoxy groups -OCH3 is 1. The SMILES string of the molecule is CN(C)C.COc1nc(C#N)cc2c1C1(O)CCC(c3ccccc3)C1(c1ccc(C(F)F)cc1)O2. The third-order valence-electron chi connectivity index (χ3n) is 6.64. The summed E-state index contributed by atoms with van der Waals surface area (Å²) in [6, 6.07) is 19.0. The van der Waals surface area contributed by atoms with Crippen LogP contribution in [0, 0.1) is 11.3 Å². The topological polar surface area (TPSA) is 78.6 Å². The predicted octanol–water partition coefficient (Wildman–Crippen LogP) is 5.13. The van der Waals surface area contributed by atoms with Crippen molar-refractivity contribution in [1.29, 1.82) is 5.26 Å². The van der Waals surface area contributed by atoms with E-state index in [2.05, 4.69) is 4.98 Å². The molecule has 1 N–H and O–H groups in total. The van der Waals surface area contributed by atoms with E-state index in [-0.39, 0.29) is 23.1 Å². The van der Waals surface area contributed by atoms with Gasteiger partial charge in [-0.05, 0) is 45.1 Å². The molecule has 1 aromatic heterocycles. The molecule has 0 spiro atoms. The number of alkyl halides is 2. The monoisotopic (exact) mass is 493 g/mol. The van der Waals surface area contributed by atoms with Gasteiger partial charge in [-0.3, -0.25) is 0 Å². The molecule has 2 aromatic carbocycles. The normalized spacial score (nSPS) is 23.8. The maximum Gasteiger partial charge on any atom is 0.263 e. The van der Waals surface area contributed by atoms with Crippen LogP contribution in [-0.2, 0) is 11.2 Å². The van der Waals surface area contributed by atoms with Gasteiger partial charge in [0.2, 0.25) is 5.88 Å². The van der Waals surface area contributed by atoms with Gasteiger partial charge in [0.05, 0.1) is 12.7 Å². The van der Waals surface area contributed by atoms with Crippen LogP contribution in [0.4, 0.5) is 8.78 Å². The summed E-state index contributed by atoms with van der Waals surface area (Å²) in [5, 5.41) is 21.6. The van der Waals surface area contributed by atoms with Gasteiger partial charge in [0.1, 0.15) is 23.1 Å². The van der Waals surface area contributed by atoms with Crippen molar-refractivity contribution < 1.29 is 23.4 Å². The molecule has 1 saturated carbocycles. The van der Waals surface area contributed by atoms with Gasteiger partial charge in [-0.2, -0.15) is 5.26 Å². The van der Waals surface area contributed by atoms with Gasteiger partial charge in [-0.15, -0.1) is 0 Å². The Morgan fingerprint density at radius 2 is 1.78 bits per heavy atom. The molecule has 0 radical (unpaired) electrons. The lowest BCUT2D eigenvalue weighted by Crippen LogP contribution is -2.48. The number of aromatic nitrogens is 1. The first-order valence-corrected chi connectivity index (χ1v) is 11.6. The second-order valence-corrected chi connectivity index (χ2v) is 9.47. The van der Waals surface area contributed by atoms with Gasteiger partial charge in [0, 0.05) is 17.5 Å². The fourth-order valence-corrected chi connectivity index (χ4v) is 5.30. The Labute approximate surface area is 209 Å². The van der Waals surface area contributed by atoms with Crippen LogP contribution in [-0.4, -0.2) is 43.2 Å². The van der Waals surface area contributed by atoms with E-state index in [1.807, 2.05) is 62.4 Å². The van der Waals surface area contributed by atoms with Crippen LogP contribution < -0.4 is 9.47 Å². The van der Waals surface area contributed by atoms with Crippen molar-refractivity contribution in [2.24, 2.45) is 0 Å². The zero-order chi connectivity index (χ0) is 26.1. The summed E-state index contributed by atoms with van der Waals surface area (Å²) >= 11 is 0. The second kappa shape index (κ2) is 9.84. The smallest absolute Gasteiger partial charge is 0.263 e. The maximum absolute atomic E-state index is 13.2. The summed E-state index contributed by atoms with van der Waals surface area (Å²) < 4.78 is 38.4. The molecule has 1 fully saturated rings. The minimum atomic E-state index is -2.60. The lowest BCUT2D eigenvalue weighted by Gasteiger charge is -2.40. The fraction of sp³-hybridized carbons (Fsp3) is 0.357. The highest BCUT2D eigenvalue weighted by atomic mass is 19.3. The van der Waals surface area contributed by atoms with Crippen molar-refractivity contribution >= 4 is 0 Å². The number of ether oxygens (including phenoxy) is 2. The fourth-order valence-electron chi connectivity index (χ4n) is 5.30. The molecular weight excluding hydrogens is 464 g/mol. The van der Waals surface area contributed by atoms with E-state index in [1.54, 1.807) is 12.1 Å². The Hall–Kier alpha value is -3.54. The van der Waals surface area contributed by atoms with Crippen molar-refractivity contribution in [3.8, 4) is 17.7 Å². The Bertz CT molecular complexity index is 1260. The molecule has 188 valence electrons. The van der Waals surface area contributed by atoms with Crippen LogP contribution in [0.3, 0.4) is 0 Å². The minimum Gasteiger partial charge on any atom is -0.481 e. The third kappa shape index (κ3) is 4.08. The van der Waals surface area contributed by atoms with Gasteiger partial charge < -0.3 is 19.5 Å². The van der Waals surface area contributed by atoms with E-state index < -0.39 is 17.6 Å². The van der Waals surface area contributed by atoms with E-state index in [0.717, 1.165) is 5.56 Å². The average Bonchev–Trinajstić information content (AvgIpc) is 3.30. The van der Waals surface area contributed by atoms with Crippen molar-refractivity contribution in [1.82, 2.24) is 9.88 Å². The molecule has 1 aliphatic heterocycles. The molecule has 0 bridgehead atoms. The quantitative estimate of drug-likeness (QED) is 0.543. The number of pyridine rings is 1. The highest BCUT2D eigenvalue weighted by Gasteiger charge is 2.69. The van der Waals surface area contributed by atoms with E-state index in [4.69, 9.17) is 9.47 Å². The van der Waals surface area contributed by atoms with Gasteiger partial charge in [0.15, 0.2) is 5.60 Å². The van der Waals surface area contributed by atoms with E-state index in [9.17, 15) is 19.1 Å². The standard InChI is InChI=1S/C25H20F2N2O3.C3H9N/c1-31-23-21-20(13-18(14-28)29-23)32-25(17-9-7-16(8-10-17)22(26)27)19(11-12-24(21,25)30)15-5-3-2-4-6-15;1-4(2)3/h2-10,13,19,22,30H,11-12H2,1H3;1-3H3. The number of hydrogen-bond donors (Lipinski definition) is 1. The molecule has 0 saturated heterocycles. The number of nitriles is 1. The molecule has 1 aliphatic carbocycles. The highest BCUT2D eigenvalue weighted by Crippen LogP contribution is 2.67. The Balaban J connectivity index is 0.000000709. The Morgan fingerprint density at radius 3 is 2.33 bits per heavy atom. The molecule has 6 nitrogen and oxygen atoms in total. The number of rotatable bonds is 4. The number of hydrogen-bond acceptors (Lipinski definition) is 6. The van der Waals surface area contributed by atoms with Crippen LogP contribution in [0.15, 0.2) is 60.7 Å². The summed E-state index contributed by atoms with van der Waals surface area (Å²) in [5.41, 5.74) is -0.903.